The predicted octanol–water partition coefficient (Wildman–Crippen LogP) is 4.10. The van der Waals surface area contributed by atoms with Crippen LogP contribution in [0, 0.1) is 0 Å². The molecule has 0 radical (unpaired) electrons. The molecule has 2 nitrogen and oxygen atoms in total. The molecule has 124 valence electrons. The Labute approximate surface area is 130 Å². The van der Waals surface area contributed by atoms with Crippen LogP contribution in [-0.4, -0.2) is 37.3 Å². The van der Waals surface area contributed by atoms with Gasteiger partial charge in [0.1, 0.15) is 0 Å². The maximum Gasteiger partial charge on any atom is 0.389 e. The lowest BCUT2D eigenvalue weighted by molar-refractivity contribution is -0.138. The van der Waals surface area contributed by atoms with Gasteiger partial charge in [0.25, 0.3) is 0 Å². The SMILES string of the molecule is CC(C)c1cccc([C@@H](CCC(F)(F)F)N2CCNCC2)c1. The quantitative estimate of drug-likeness (QED) is 0.880. The van der Waals surface area contributed by atoms with Gasteiger partial charge in [-0.1, -0.05) is 38.1 Å². The third kappa shape index (κ3) is 4.99. The van der Waals surface area contributed by atoms with Crippen LogP contribution in [0.15, 0.2) is 24.3 Å². The predicted molar refractivity (Wildman–Crippen MR) is 83.0 cm³/mol. The lowest BCUT2D eigenvalue weighted by Gasteiger charge is -2.35. The molecule has 22 heavy (non-hydrogen) atoms. The van der Waals surface area contributed by atoms with E-state index in [0.717, 1.165) is 31.7 Å². The number of alkyl halides is 3. The average Bonchev–Trinajstić information content (AvgIpc) is 2.48. The Morgan fingerprint density at radius 1 is 1.14 bits per heavy atom. The topological polar surface area (TPSA) is 15.3 Å². The third-order valence-corrected chi connectivity index (χ3v) is 4.26. The Bertz CT molecular complexity index is 465. The van der Waals surface area contributed by atoms with Gasteiger partial charge >= 0.3 is 6.18 Å². The zero-order valence-corrected chi connectivity index (χ0v) is 13.3. The number of nitrogens with zero attached hydrogens (tertiary/aromatic N) is 1. The minimum Gasteiger partial charge on any atom is -0.314 e. The van der Waals surface area contributed by atoms with Gasteiger partial charge in [-0.3, -0.25) is 4.90 Å². The summed E-state index contributed by atoms with van der Waals surface area (Å²) in [6.45, 7) is 7.49. The van der Waals surface area contributed by atoms with Gasteiger partial charge in [0.05, 0.1) is 0 Å². The second-order valence-electron chi connectivity index (χ2n) is 6.28. The van der Waals surface area contributed by atoms with Crippen LogP contribution in [-0.2, 0) is 0 Å². The third-order valence-electron chi connectivity index (χ3n) is 4.26. The van der Waals surface area contributed by atoms with E-state index in [9.17, 15) is 13.2 Å². The van der Waals surface area contributed by atoms with E-state index in [-0.39, 0.29) is 12.5 Å². The van der Waals surface area contributed by atoms with E-state index in [2.05, 4.69) is 30.1 Å². The molecular weight excluding hydrogens is 289 g/mol. The summed E-state index contributed by atoms with van der Waals surface area (Å²) in [5.41, 5.74) is 2.20. The van der Waals surface area contributed by atoms with Crippen LogP contribution in [0.5, 0.6) is 0 Å². The fraction of sp³-hybridized carbons (Fsp3) is 0.647. The zero-order valence-electron chi connectivity index (χ0n) is 13.3. The Kier molecular flexibility index (Phi) is 5.87. The van der Waals surface area contributed by atoms with Crippen molar-refractivity contribution in [2.45, 2.75) is 44.8 Å². The fourth-order valence-electron chi connectivity index (χ4n) is 2.98. The molecule has 2 rings (SSSR count). The highest BCUT2D eigenvalue weighted by molar-refractivity contribution is 5.28. The van der Waals surface area contributed by atoms with Gasteiger partial charge in [-0.2, -0.15) is 13.2 Å². The molecule has 1 aliphatic heterocycles. The van der Waals surface area contributed by atoms with E-state index < -0.39 is 12.6 Å². The van der Waals surface area contributed by atoms with Crippen molar-refractivity contribution >= 4 is 0 Å². The van der Waals surface area contributed by atoms with Gasteiger partial charge in [-0.15, -0.1) is 0 Å². The number of halogens is 3. The summed E-state index contributed by atoms with van der Waals surface area (Å²) in [5.74, 6) is 0.381. The monoisotopic (exact) mass is 314 g/mol. The molecule has 1 fully saturated rings. The van der Waals surface area contributed by atoms with Gasteiger partial charge in [0, 0.05) is 38.6 Å². The Hall–Kier alpha value is -1.07. The molecule has 1 aliphatic rings. The first-order chi connectivity index (χ1) is 10.4. The smallest absolute Gasteiger partial charge is 0.314 e. The number of benzene rings is 1. The molecule has 5 heteroatoms. The van der Waals surface area contributed by atoms with E-state index in [4.69, 9.17) is 0 Å². The van der Waals surface area contributed by atoms with Crippen molar-refractivity contribution in [3.05, 3.63) is 35.4 Å². The molecule has 1 saturated heterocycles. The number of rotatable bonds is 5. The van der Waals surface area contributed by atoms with Gasteiger partial charge in [-0.05, 0) is 23.5 Å². The van der Waals surface area contributed by atoms with Gasteiger partial charge in [0.2, 0.25) is 0 Å². The molecule has 1 aromatic rings. The highest BCUT2D eigenvalue weighted by Crippen LogP contribution is 2.32. The largest absolute Gasteiger partial charge is 0.389 e. The molecule has 0 saturated carbocycles. The molecule has 0 unspecified atom stereocenters. The van der Waals surface area contributed by atoms with Crippen LogP contribution in [0.4, 0.5) is 13.2 Å². The summed E-state index contributed by atoms with van der Waals surface area (Å²) >= 11 is 0. The average molecular weight is 314 g/mol. The molecule has 1 N–H and O–H groups in total. The first-order valence-corrected chi connectivity index (χ1v) is 7.98. The molecule has 1 aromatic carbocycles. The van der Waals surface area contributed by atoms with E-state index >= 15 is 0 Å². The lowest BCUT2D eigenvalue weighted by Crippen LogP contribution is -2.45. The normalized spacial score (nSPS) is 18.6. The number of nitrogens with one attached hydrogen (secondary N) is 1. The van der Waals surface area contributed by atoms with Gasteiger partial charge in [0.15, 0.2) is 0 Å². The van der Waals surface area contributed by atoms with Crippen molar-refractivity contribution in [3.63, 3.8) is 0 Å². The lowest BCUT2D eigenvalue weighted by atomic mass is 9.94. The highest BCUT2D eigenvalue weighted by atomic mass is 19.4. The van der Waals surface area contributed by atoms with E-state index in [0.29, 0.717) is 5.92 Å². The van der Waals surface area contributed by atoms with Crippen LogP contribution in [0.2, 0.25) is 0 Å². The van der Waals surface area contributed by atoms with Crippen LogP contribution < -0.4 is 5.32 Å². The van der Waals surface area contributed by atoms with Crippen molar-refractivity contribution in [2.75, 3.05) is 26.2 Å². The highest BCUT2D eigenvalue weighted by Gasteiger charge is 2.31. The van der Waals surface area contributed by atoms with Crippen molar-refractivity contribution in [1.29, 1.82) is 0 Å². The first-order valence-electron chi connectivity index (χ1n) is 7.98. The van der Waals surface area contributed by atoms with Crippen molar-refractivity contribution in [1.82, 2.24) is 10.2 Å². The number of piperazine rings is 1. The first kappa shape index (κ1) is 17.3. The maximum atomic E-state index is 12.7. The minimum atomic E-state index is -4.10. The molecule has 1 atom stereocenters. The molecule has 1 heterocycles. The standard InChI is InChI=1S/C17H25F3N2/c1-13(2)14-4-3-5-15(12-14)16(6-7-17(18,19)20)22-10-8-21-9-11-22/h3-5,12-13,16,21H,6-11H2,1-2H3/t16-/m1/s1. The fourth-order valence-corrected chi connectivity index (χ4v) is 2.98. The molecule has 0 spiro atoms. The summed E-state index contributed by atoms with van der Waals surface area (Å²) < 4.78 is 38.0. The molecular formula is C17H25F3N2. The second kappa shape index (κ2) is 7.47. The second-order valence-corrected chi connectivity index (χ2v) is 6.28. The molecule has 0 aliphatic carbocycles. The van der Waals surface area contributed by atoms with Crippen LogP contribution >= 0.6 is 0 Å². The molecule has 0 bridgehead atoms. The van der Waals surface area contributed by atoms with E-state index in [1.165, 1.54) is 5.56 Å². The summed E-state index contributed by atoms with van der Waals surface area (Å²) in [6.07, 6.45) is -4.69. The minimum absolute atomic E-state index is 0.130. The Balaban J connectivity index is 2.20. The van der Waals surface area contributed by atoms with Crippen LogP contribution in [0.25, 0.3) is 0 Å². The number of hydrogen-bond donors (Lipinski definition) is 1. The molecule has 0 aromatic heterocycles. The molecule has 0 amide bonds. The van der Waals surface area contributed by atoms with Gasteiger partial charge < -0.3 is 5.32 Å². The van der Waals surface area contributed by atoms with Crippen molar-refractivity contribution < 1.29 is 13.2 Å². The Morgan fingerprint density at radius 3 is 2.36 bits per heavy atom. The van der Waals surface area contributed by atoms with Crippen molar-refractivity contribution in [3.8, 4) is 0 Å². The summed E-state index contributed by atoms with van der Waals surface area (Å²) in [4.78, 5) is 2.18. The van der Waals surface area contributed by atoms with E-state index in [1.54, 1.807) is 0 Å². The number of hydrogen-bond acceptors (Lipinski definition) is 2. The summed E-state index contributed by atoms with van der Waals surface area (Å²) in [7, 11) is 0. The summed E-state index contributed by atoms with van der Waals surface area (Å²) in [6, 6.07) is 7.91. The van der Waals surface area contributed by atoms with Crippen LogP contribution in [0.3, 0.4) is 0 Å². The van der Waals surface area contributed by atoms with Crippen LogP contribution in [0.1, 0.15) is 49.8 Å². The van der Waals surface area contributed by atoms with E-state index in [1.807, 2.05) is 18.2 Å². The van der Waals surface area contributed by atoms with Crippen molar-refractivity contribution in [2.24, 2.45) is 0 Å². The van der Waals surface area contributed by atoms with Gasteiger partial charge in [-0.25, -0.2) is 0 Å². The maximum absolute atomic E-state index is 12.7. The zero-order chi connectivity index (χ0) is 16.2. The Morgan fingerprint density at radius 2 is 1.77 bits per heavy atom. The summed E-state index contributed by atoms with van der Waals surface area (Å²) in [5, 5.41) is 3.26.